The number of hydrogen-bond acceptors (Lipinski definition) is 7. The van der Waals surface area contributed by atoms with Gasteiger partial charge in [-0.2, -0.15) is 9.41 Å². The second kappa shape index (κ2) is 9.28. The number of nitrogens with zero attached hydrogens (tertiary/aromatic N) is 3. The summed E-state index contributed by atoms with van der Waals surface area (Å²) in [5, 5.41) is 15.5. The van der Waals surface area contributed by atoms with E-state index in [4.69, 9.17) is 4.74 Å². The molecule has 3 rings (SSSR count). The Morgan fingerprint density at radius 3 is 2.50 bits per heavy atom. The van der Waals surface area contributed by atoms with Gasteiger partial charge in [0, 0.05) is 25.2 Å². The Labute approximate surface area is 173 Å². The first-order valence-electron chi connectivity index (χ1n) is 9.27. The van der Waals surface area contributed by atoms with Gasteiger partial charge in [0.2, 0.25) is 10.0 Å². The third kappa shape index (κ3) is 4.81. The van der Waals surface area contributed by atoms with Crippen LogP contribution >= 0.6 is 0 Å². The van der Waals surface area contributed by atoms with Crippen molar-refractivity contribution in [3.05, 3.63) is 64.0 Å². The van der Waals surface area contributed by atoms with Crippen molar-refractivity contribution in [3.8, 4) is 0 Å². The highest BCUT2D eigenvalue weighted by Crippen LogP contribution is 2.29. The predicted octanol–water partition coefficient (Wildman–Crippen LogP) is 2.98. The first-order chi connectivity index (χ1) is 14.3. The summed E-state index contributed by atoms with van der Waals surface area (Å²) in [6.45, 7) is 2.66. The van der Waals surface area contributed by atoms with Crippen LogP contribution in [0.2, 0.25) is 0 Å². The molecule has 0 amide bonds. The SMILES string of the molecule is CC/C(=N\Nc1ccc([N+](=O)[O-])cc1S(=O)(=O)N1CCOCC1)c1ccc(F)cc1. The minimum Gasteiger partial charge on any atom is -0.379 e. The summed E-state index contributed by atoms with van der Waals surface area (Å²) in [4.78, 5) is 10.3. The lowest BCUT2D eigenvalue weighted by Gasteiger charge is -2.26. The summed E-state index contributed by atoms with van der Waals surface area (Å²) in [7, 11) is -4.01. The Morgan fingerprint density at radius 2 is 1.90 bits per heavy atom. The number of anilines is 1. The fourth-order valence-electron chi connectivity index (χ4n) is 2.97. The van der Waals surface area contributed by atoms with Crippen LogP contribution in [0.1, 0.15) is 18.9 Å². The van der Waals surface area contributed by atoms with Crippen LogP contribution in [0.3, 0.4) is 0 Å². The van der Waals surface area contributed by atoms with Gasteiger partial charge in [-0.1, -0.05) is 19.1 Å². The number of nitro benzene ring substituents is 1. The number of morpholine rings is 1. The predicted molar refractivity (Wildman–Crippen MR) is 110 cm³/mol. The maximum Gasteiger partial charge on any atom is 0.270 e. The molecular formula is C19H21FN4O5S. The highest BCUT2D eigenvalue weighted by molar-refractivity contribution is 7.89. The zero-order valence-electron chi connectivity index (χ0n) is 16.2. The van der Waals surface area contributed by atoms with Crippen molar-refractivity contribution in [1.82, 2.24) is 4.31 Å². The molecule has 0 saturated carbocycles. The first kappa shape index (κ1) is 21.8. The molecule has 1 heterocycles. The average molecular weight is 436 g/mol. The van der Waals surface area contributed by atoms with E-state index < -0.39 is 14.9 Å². The van der Waals surface area contributed by atoms with E-state index in [1.807, 2.05) is 6.92 Å². The van der Waals surface area contributed by atoms with E-state index in [1.165, 1.54) is 28.6 Å². The molecule has 11 heteroatoms. The topological polar surface area (TPSA) is 114 Å². The van der Waals surface area contributed by atoms with Gasteiger partial charge in [0.05, 0.1) is 29.5 Å². The largest absolute Gasteiger partial charge is 0.379 e. The number of nitro groups is 1. The zero-order chi connectivity index (χ0) is 21.7. The molecule has 160 valence electrons. The van der Waals surface area contributed by atoms with E-state index in [0.29, 0.717) is 17.7 Å². The van der Waals surface area contributed by atoms with Crippen molar-refractivity contribution >= 4 is 27.1 Å². The number of non-ortho nitro benzene ring substituents is 1. The summed E-state index contributed by atoms with van der Waals surface area (Å²) in [5.74, 6) is -0.378. The van der Waals surface area contributed by atoms with Crippen molar-refractivity contribution in [2.75, 3.05) is 31.7 Å². The summed E-state index contributed by atoms with van der Waals surface area (Å²) in [5.41, 5.74) is 3.74. The fourth-order valence-corrected chi connectivity index (χ4v) is 4.54. The average Bonchev–Trinajstić information content (AvgIpc) is 2.75. The molecule has 30 heavy (non-hydrogen) atoms. The lowest BCUT2D eigenvalue weighted by Crippen LogP contribution is -2.40. The number of hydrazone groups is 1. The van der Waals surface area contributed by atoms with Gasteiger partial charge in [-0.15, -0.1) is 0 Å². The first-order valence-corrected chi connectivity index (χ1v) is 10.7. The molecule has 0 bridgehead atoms. The van der Waals surface area contributed by atoms with Gasteiger partial charge in [0.15, 0.2) is 0 Å². The molecule has 1 N–H and O–H groups in total. The number of halogens is 1. The Hall–Kier alpha value is -2.89. The normalized spacial score (nSPS) is 15.7. The third-order valence-corrected chi connectivity index (χ3v) is 6.53. The molecule has 0 unspecified atom stereocenters. The van der Waals surface area contributed by atoms with Gasteiger partial charge in [-0.05, 0) is 30.2 Å². The number of sulfonamides is 1. The molecule has 0 spiro atoms. The molecule has 0 aliphatic carbocycles. The summed E-state index contributed by atoms with van der Waals surface area (Å²) in [6, 6.07) is 9.29. The third-order valence-electron chi connectivity index (χ3n) is 4.59. The van der Waals surface area contributed by atoms with Crippen LogP contribution in [0, 0.1) is 15.9 Å². The van der Waals surface area contributed by atoms with Gasteiger partial charge >= 0.3 is 0 Å². The summed E-state index contributed by atoms with van der Waals surface area (Å²) < 4.78 is 45.8. The van der Waals surface area contributed by atoms with Crippen LogP contribution in [-0.4, -0.2) is 49.7 Å². The van der Waals surface area contributed by atoms with Crippen molar-refractivity contribution < 1.29 is 22.5 Å². The molecule has 1 aliphatic heterocycles. The van der Waals surface area contributed by atoms with Gasteiger partial charge in [0.25, 0.3) is 5.69 Å². The molecule has 9 nitrogen and oxygen atoms in total. The van der Waals surface area contributed by atoms with E-state index in [-0.39, 0.29) is 48.4 Å². The van der Waals surface area contributed by atoms with E-state index in [1.54, 1.807) is 12.1 Å². The quantitative estimate of drug-likeness (QED) is 0.405. The molecule has 0 aromatic heterocycles. The Bertz CT molecular complexity index is 1050. The zero-order valence-corrected chi connectivity index (χ0v) is 17.1. The van der Waals surface area contributed by atoms with Crippen molar-refractivity contribution in [2.24, 2.45) is 5.10 Å². The van der Waals surface area contributed by atoms with Crippen LogP contribution < -0.4 is 5.43 Å². The van der Waals surface area contributed by atoms with E-state index in [0.717, 1.165) is 6.07 Å². The Morgan fingerprint density at radius 1 is 1.23 bits per heavy atom. The van der Waals surface area contributed by atoms with Gasteiger partial charge in [-0.3, -0.25) is 15.5 Å². The van der Waals surface area contributed by atoms with Crippen LogP contribution in [0.15, 0.2) is 52.5 Å². The van der Waals surface area contributed by atoms with Gasteiger partial charge in [0.1, 0.15) is 10.7 Å². The summed E-state index contributed by atoms with van der Waals surface area (Å²) in [6.07, 6.45) is 0.497. The molecule has 1 aliphatic rings. The second-order valence-electron chi connectivity index (χ2n) is 6.48. The molecule has 0 atom stereocenters. The van der Waals surface area contributed by atoms with Crippen molar-refractivity contribution in [1.29, 1.82) is 0 Å². The molecule has 2 aromatic rings. The Balaban J connectivity index is 1.99. The van der Waals surface area contributed by atoms with Gasteiger partial charge < -0.3 is 4.74 Å². The number of ether oxygens (including phenoxy) is 1. The van der Waals surface area contributed by atoms with Crippen LogP contribution in [0.25, 0.3) is 0 Å². The van der Waals surface area contributed by atoms with Crippen molar-refractivity contribution in [2.45, 2.75) is 18.2 Å². The van der Waals surface area contributed by atoms with Crippen molar-refractivity contribution in [3.63, 3.8) is 0 Å². The molecule has 2 aromatic carbocycles. The maximum atomic E-state index is 13.2. The summed E-state index contributed by atoms with van der Waals surface area (Å²) >= 11 is 0. The standard InChI is InChI=1S/C19H21FN4O5S/c1-2-17(14-3-5-15(20)6-4-14)21-22-18-8-7-16(24(25)26)13-19(18)30(27,28)23-9-11-29-12-10-23/h3-8,13,22H,2,9-12H2,1H3/b21-17+. The van der Waals surface area contributed by atoms with Crippen LogP contribution in [0.4, 0.5) is 15.8 Å². The monoisotopic (exact) mass is 436 g/mol. The lowest BCUT2D eigenvalue weighted by atomic mass is 10.1. The highest BCUT2D eigenvalue weighted by atomic mass is 32.2. The number of hydrogen-bond donors (Lipinski definition) is 1. The minimum absolute atomic E-state index is 0.111. The van der Waals surface area contributed by atoms with Gasteiger partial charge in [-0.25, -0.2) is 12.8 Å². The smallest absolute Gasteiger partial charge is 0.270 e. The minimum atomic E-state index is -4.01. The highest BCUT2D eigenvalue weighted by Gasteiger charge is 2.30. The molecule has 0 radical (unpaired) electrons. The number of benzene rings is 2. The van der Waals surface area contributed by atoms with E-state index in [9.17, 15) is 22.9 Å². The second-order valence-corrected chi connectivity index (χ2v) is 8.39. The van der Waals surface area contributed by atoms with Crippen LogP contribution in [0.5, 0.6) is 0 Å². The van der Waals surface area contributed by atoms with Crippen LogP contribution in [-0.2, 0) is 14.8 Å². The Kier molecular flexibility index (Phi) is 6.75. The van der Waals surface area contributed by atoms with E-state index in [2.05, 4.69) is 10.5 Å². The van der Waals surface area contributed by atoms with E-state index >= 15 is 0 Å². The fraction of sp³-hybridized carbons (Fsp3) is 0.316. The number of rotatable bonds is 7. The molecule has 1 saturated heterocycles. The maximum absolute atomic E-state index is 13.2. The molecular weight excluding hydrogens is 415 g/mol. The lowest BCUT2D eigenvalue weighted by molar-refractivity contribution is -0.385. The number of nitrogens with one attached hydrogen (secondary N) is 1. The molecule has 1 fully saturated rings.